The SMILES string of the molecule is O=C(NCc1ccc(Cl)cc1)c1cc(Cl)ncc1Cl. The molecule has 1 aromatic heterocycles. The maximum absolute atomic E-state index is 11.9. The number of benzene rings is 1. The molecule has 0 bridgehead atoms. The zero-order valence-corrected chi connectivity index (χ0v) is 11.9. The summed E-state index contributed by atoms with van der Waals surface area (Å²) >= 11 is 17.4. The summed E-state index contributed by atoms with van der Waals surface area (Å²) in [6.45, 7) is 0.381. The van der Waals surface area contributed by atoms with Gasteiger partial charge in [0.1, 0.15) is 5.15 Å². The molecule has 6 heteroatoms. The topological polar surface area (TPSA) is 42.0 Å². The third-order valence-corrected chi connectivity index (χ3v) is 3.19. The smallest absolute Gasteiger partial charge is 0.253 e. The maximum Gasteiger partial charge on any atom is 0.253 e. The van der Waals surface area contributed by atoms with E-state index in [0.29, 0.717) is 17.1 Å². The van der Waals surface area contributed by atoms with Crippen LogP contribution in [0.4, 0.5) is 0 Å². The van der Waals surface area contributed by atoms with E-state index in [0.717, 1.165) is 5.56 Å². The fourth-order valence-corrected chi connectivity index (χ4v) is 1.94. The van der Waals surface area contributed by atoms with Crippen molar-refractivity contribution in [3.63, 3.8) is 0 Å². The van der Waals surface area contributed by atoms with Crippen LogP contribution in [0.3, 0.4) is 0 Å². The Bertz CT molecular complexity index is 599. The maximum atomic E-state index is 11.9. The van der Waals surface area contributed by atoms with Gasteiger partial charge >= 0.3 is 0 Å². The first-order chi connectivity index (χ1) is 9.06. The Labute approximate surface area is 125 Å². The summed E-state index contributed by atoms with van der Waals surface area (Å²) in [6.07, 6.45) is 1.35. The van der Waals surface area contributed by atoms with Gasteiger partial charge in [0.15, 0.2) is 0 Å². The second-order valence-electron chi connectivity index (χ2n) is 3.80. The van der Waals surface area contributed by atoms with Gasteiger partial charge < -0.3 is 5.32 Å². The van der Waals surface area contributed by atoms with E-state index in [2.05, 4.69) is 10.3 Å². The molecule has 1 aromatic carbocycles. The number of hydrogen-bond donors (Lipinski definition) is 1. The van der Waals surface area contributed by atoms with Crippen LogP contribution >= 0.6 is 34.8 Å². The van der Waals surface area contributed by atoms with Gasteiger partial charge in [0.25, 0.3) is 5.91 Å². The summed E-state index contributed by atoms with van der Waals surface area (Å²) in [5.41, 5.74) is 1.24. The highest BCUT2D eigenvalue weighted by molar-refractivity contribution is 6.35. The van der Waals surface area contributed by atoms with E-state index in [-0.39, 0.29) is 16.1 Å². The van der Waals surface area contributed by atoms with Crippen molar-refractivity contribution in [3.8, 4) is 0 Å². The molecule has 1 heterocycles. The van der Waals surface area contributed by atoms with E-state index in [1.807, 2.05) is 12.1 Å². The molecule has 0 fully saturated rings. The minimum absolute atomic E-state index is 0.223. The molecule has 3 nitrogen and oxygen atoms in total. The van der Waals surface area contributed by atoms with Crippen molar-refractivity contribution in [1.29, 1.82) is 0 Å². The molecule has 0 saturated heterocycles. The lowest BCUT2D eigenvalue weighted by molar-refractivity contribution is 0.0951. The van der Waals surface area contributed by atoms with Gasteiger partial charge in [-0.15, -0.1) is 0 Å². The average molecular weight is 316 g/mol. The summed E-state index contributed by atoms with van der Waals surface area (Å²) in [7, 11) is 0. The average Bonchev–Trinajstić information content (AvgIpc) is 2.40. The quantitative estimate of drug-likeness (QED) is 0.871. The van der Waals surface area contributed by atoms with Crippen molar-refractivity contribution in [2.75, 3.05) is 0 Å². The normalized spacial score (nSPS) is 10.3. The Morgan fingerprint density at radius 3 is 2.53 bits per heavy atom. The summed E-state index contributed by atoms with van der Waals surface area (Å²) in [5.74, 6) is -0.302. The fraction of sp³-hybridized carbons (Fsp3) is 0.0769. The predicted octanol–water partition coefficient (Wildman–Crippen LogP) is 3.97. The molecule has 19 heavy (non-hydrogen) atoms. The largest absolute Gasteiger partial charge is 0.348 e. The van der Waals surface area contributed by atoms with Crippen LogP contribution in [0.25, 0.3) is 0 Å². The molecule has 0 aliphatic heterocycles. The zero-order valence-electron chi connectivity index (χ0n) is 9.66. The molecule has 0 unspecified atom stereocenters. The van der Waals surface area contributed by atoms with E-state index in [9.17, 15) is 4.79 Å². The van der Waals surface area contributed by atoms with Crippen LogP contribution in [0.1, 0.15) is 15.9 Å². The third kappa shape index (κ3) is 3.83. The Balaban J connectivity index is 2.05. The third-order valence-electron chi connectivity index (χ3n) is 2.43. The van der Waals surface area contributed by atoms with Gasteiger partial charge in [-0.05, 0) is 23.8 Å². The van der Waals surface area contributed by atoms with E-state index in [1.165, 1.54) is 12.3 Å². The second-order valence-corrected chi connectivity index (χ2v) is 5.03. The highest BCUT2D eigenvalue weighted by atomic mass is 35.5. The molecule has 0 saturated carbocycles. The summed E-state index contributed by atoms with van der Waals surface area (Å²) in [5, 5.41) is 3.89. The number of carbonyl (C=O) groups excluding carboxylic acids is 1. The van der Waals surface area contributed by atoms with Crippen molar-refractivity contribution >= 4 is 40.7 Å². The van der Waals surface area contributed by atoms with Gasteiger partial charge in [0.2, 0.25) is 0 Å². The summed E-state index contributed by atoms with van der Waals surface area (Å²) in [4.78, 5) is 15.7. The van der Waals surface area contributed by atoms with Crippen molar-refractivity contribution < 1.29 is 4.79 Å². The number of aromatic nitrogens is 1. The molecule has 98 valence electrons. The number of nitrogens with zero attached hydrogens (tertiary/aromatic N) is 1. The predicted molar refractivity (Wildman–Crippen MR) is 76.9 cm³/mol. The first kappa shape index (κ1) is 14.1. The van der Waals surface area contributed by atoms with Crippen LogP contribution in [-0.4, -0.2) is 10.9 Å². The number of halogens is 3. The lowest BCUT2D eigenvalue weighted by Gasteiger charge is -2.07. The lowest BCUT2D eigenvalue weighted by Crippen LogP contribution is -2.23. The van der Waals surface area contributed by atoms with E-state index in [4.69, 9.17) is 34.8 Å². The van der Waals surface area contributed by atoms with Gasteiger partial charge in [-0.25, -0.2) is 4.98 Å². The first-order valence-corrected chi connectivity index (χ1v) is 6.53. The molecule has 0 aliphatic rings. The summed E-state index contributed by atoms with van der Waals surface area (Å²) < 4.78 is 0. The number of hydrogen-bond acceptors (Lipinski definition) is 2. The first-order valence-electron chi connectivity index (χ1n) is 5.40. The van der Waals surface area contributed by atoms with Crippen LogP contribution < -0.4 is 5.32 Å². The number of nitrogens with one attached hydrogen (secondary N) is 1. The minimum atomic E-state index is -0.302. The Kier molecular flexibility index (Phi) is 4.64. The van der Waals surface area contributed by atoms with Crippen LogP contribution in [0.5, 0.6) is 0 Å². The fourth-order valence-electron chi connectivity index (χ4n) is 1.47. The van der Waals surface area contributed by atoms with Gasteiger partial charge in [0.05, 0.1) is 10.6 Å². The van der Waals surface area contributed by atoms with Gasteiger partial charge in [-0.2, -0.15) is 0 Å². The molecule has 2 rings (SSSR count). The Morgan fingerprint density at radius 2 is 1.84 bits per heavy atom. The van der Waals surface area contributed by atoms with Crippen LogP contribution in [-0.2, 0) is 6.54 Å². The van der Waals surface area contributed by atoms with Crippen molar-refractivity contribution in [1.82, 2.24) is 10.3 Å². The van der Waals surface area contributed by atoms with Gasteiger partial charge in [0, 0.05) is 17.8 Å². The minimum Gasteiger partial charge on any atom is -0.348 e. The molecular weight excluding hydrogens is 307 g/mol. The van der Waals surface area contributed by atoms with E-state index >= 15 is 0 Å². The molecule has 1 amide bonds. The van der Waals surface area contributed by atoms with E-state index < -0.39 is 0 Å². The van der Waals surface area contributed by atoms with Crippen molar-refractivity contribution in [3.05, 3.63) is 62.9 Å². The number of pyridine rings is 1. The highest BCUT2D eigenvalue weighted by Gasteiger charge is 2.11. The monoisotopic (exact) mass is 314 g/mol. The molecule has 0 spiro atoms. The molecule has 0 radical (unpaired) electrons. The van der Waals surface area contributed by atoms with Gasteiger partial charge in [-0.3, -0.25) is 4.79 Å². The van der Waals surface area contributed by atoms with E-state index in [1.54, 1.807) is 12.1 Å². The van der Waals surface area contributed by atoms with Crippen molar-refractivity contribution in [2.45, 2.75) is 6.54 Å². The number of rotatable bonds is 3. The number of carbonyl (C=O) groups is 1. The zero-order chi connectivity index (χ0) is 13.8. The lowest BCUT2D eigenvalue weighted by atomic mass is 10.2. The molecule has 2 aromatic rings. The molecule has 0 aliphatic carbocycles. The second kappa shape index (κ2) is 6.24. The van der Waals surface area contributed by atoms with Crippen LogP contribution in [0.15, 0.2) is 36.5 Å². The highest BCUT2D eigenvalue weighted by Crippen LogP contribution is 2.18. The Morgan fingerprint density at radius 1 is 1.16 bits per heavy atom. The molecular formula is C13H9Cl3N2O. The van der Waals surface area contributed by atoms with Gasteiger partial charge in [-0.1, -0.05) is 46.9 Å². The summed E-state index contributed by atoms with van der Waals surface area (Å²) in [6, 6.07) is 8.63. The number of amides is 1. The van der Waals surface area contributed by atoms with Crippen LogP contribution in [0.2, 0.25) is 15.2 Å². The van der Waals surface area contributed by atoms with Crippen molar-refractivity contribution in [2.24, 2.45) is 0 Å². The standard InChI is InChI=1S/C13H9Cl3N2O/c14-9-3-1-8(2-4-9)6-18-13(19)10-5-12(16)17-7-11(10)15/h1-5,7H,6H2,(H,18,19). The van der Waals surface area contributed by atoms with Crippen LogP contribution in [0, 0.1) is 0 Å². The molecule has 0 atom stereocenters. The molecule has 1 N–H and O–H groups in total. The Hall–Kier alpha value is -1.29.